The topological polar surface area (TPSA) is 30.7 Å². The molecule has 0 N–H and O–H groups in total. The summed E-state index contributed by atoms with van der Waals surface area (Å²) in [5.74, 6) is 0.755. The quantitative estimate of drug-likeness (QED) is 0.190. The second-order valence-electron chi connectivity index (χ2n) is 13.0. The van der Waals surface area contributed by atoms with Gasteiger partial charge in [0, 0.05) is 53.1 Å². The molecule has 0 unspecified atom stereocenters. The number of aromatic nitrogens is 3. The van der Waals surface area contributed by atoms with E-state index in [4.69, 9.17) is 9.97 Å². The van der Waals surface area contributed by atoms with Crippen molar-refractivity contribution in [3.63, 3.8) is 0 Å². The van der Waals surface area contributed by atoms with Crippen molar-refractivity contribution in [3.05, 3.63) is 164 Å². The first-order valence-electron chi connectivity index (χ1n) is 16.9. The zero-order chi connectivity index (χ0) is 32.8. The van der Waals surface area contributed by atoms with Gasteiger partial charge in [-0.2, -0.15) is 0 Å². The van der Waals surface area contributed by atoms with E-state index in [1.807, 2.05) is 11.3 Å². The van der Waals surface area contributed by atoms with Gasteiger partial charge in [-0.25, -0.2) is 9.97 Å². The van der Waals surface area contributed by atoms with E-state index in [9.17, 15) is 0 Å². The molecule has 11 aromatic rings. The van der Waals surface area contributed by atoms with Gasteiger partial charge in [0.1, 0.15) is 0 Å². The second-order valence-corrected chi connectivity index (χ2v) is 14.1. The molecule has 0 aliphatic carbocycles. The van der Waals surface area contributed by atoms with Gasteiger partial charge in [-0.15, -0.1) is 11.3 Å². The molecule has 3 aromatic heterocycles. The number of thiophene rings is 1. The number of nitrogens with zero attached hydrogens (tertiary/aromatic N) is 3. The highest BCUT2D eigenvalue weighted by Gasteiger charge is 2.17. The van der Waals surface area contributed by atoms with E-state index in [1.165, 1.54) is 63.5 Å². The molecule has 232 valence electrons. The lowest BCUT2D eigenvalue weighted by Crippen LogP contribution is -1.96. The summed E-state index contributed by atoms with van der Waals surface area (Å²) in [6.45, 7) is 0. The van der Waals surface area contributed by atoms with Crippen LogP contribution in [0.4, 0.5) is 0 Å². The SMILES string of the molecule is c1ccc2cc3c(cc2c1)c1ccccc1n3-c1ccc2cc(-c3nc(-c4cccc5c4sc4ccccc45)nc4ccccc34)ccc2c1. The van der Waals surface area contributed by atoms with Gasteiger partial charge in [0.25, 0.3) is 0 Å². The third kappa shape index (κ3) is 4.09. The van der Waals surface area contributed by atoms with Gasteiger partial charge in [0.2, 0.25) is 0 Å². The number of rotatable bonds is 3. The summed E-state index contributed by atoms with van der Waals surface area (Å²) in [6.07, 6.45) is 0. The van der Waals surface area contributed by atoms with Crippen LogP contribution in [0.3, 0.4) is 0 Å². The Morgan fingerprint density at radius 1 is 0.440 bits per heavy atom. The Morgan fingerprint density at radius 3 is 2.06 bits per heavy atom. The normalized spacial score (nSPS) is 12.0. The molecule has 0 spiro atoms. The number of hydrogen-bond acceptors (Lipinski definition) is 3. The molecule has 8 aromatic carbocycles. The standard InChI is InChI=1S/C46H27N3S/c1-2-11-29-27-42-39(26-28(29)10-1)34-12-4-7-18-41(34)49(42)33-23-22-30-24-32(21-20-31(30)25-33)44-37-14-3-6-17-40(37)47-46(48-44)38-16-9-15-36-35-13-5-8-19-43(35)50-45(36)38/h1-27H. The van der Waals surface area contributed by atoms with Crippen LogP contribution in [-0.4, -0.2) is 14.5 Å². The van der Waals surface area contributed by atoms with Crippen LogP contribution in [0.15, 0.2) is 164 Å². The van der Waals surface area contributed by atoms with Crippen LogP contribution in [0, 0.1) is 0 Å². The predicted molar refractivity (Wildman–Crippen MR) is 213 cm³/mol. The van der Waals surface area contributed by atoms with E-state index in [0.29, 0.717) is 0 Å². The fraction of sp³-hybridized carbons (Fsp3) is 0. The Balaban J connectivity index is 1.08. The maximum absolute atomic E-state index is 5.31. The summed E-state index contributed by atoms with van der Waals surface area (Å²) < 4.78 is 4.90. The monoisotopic (exact) mass is 653 g/mol. The van der Waals surface area contributed by atoms with Crippen molar-refractivity contribution in [2.24, 2.45) is 0 Å². The summed E-state index contributed by atoms with van der Waals surface area (Å²) in [5, 5.41) is 11.0. The van der Waals surface area contributed by atoms with Crippen molar-refractivity contribution in [2.75, 3.05) is 0 Å². The molecule has 0 fully saturated rings. The smallest absolute Gasteiger partial charge is 0.161 e. The lowest BCUT2D eigenvalue weighted by Gasteiger charge is -2.12. The van der Waals surface area contributed by atoms with E-state index in [-0.39, 0.29) is 0 Å². The molecule has 4 heteroatoms. The summed E-state index contributed by atoms with van der Waals surface area (Å²) in [5.41, 5.74) is 7.62. The zero-order valence-corrected chi connectivity index (χ0v) is 27.7. The van der Waals surface area contributed by atoms with Crippen molar-refractivity contribution in [3.8, 4) is 28.3 Å². The highest BCUT2D eigenvalue weighted by molar-refractivity contribution is 7.26. The highest BCUT2D eigenvalue weighted by Crippen LogP contribution is 2.41. The first-order valence-corrected chi connectivity index (χ1v) is 17.7. The molecular formula is C46H27N3S. The van der Waals surface area contributed by atoms with Crippen molar-refractivity contribution in [1.82, 2.24) is 14.5 Å². The van der Waals surface area contributed by atoms with Gasteiger partial charge in [-0.3, -0.25) is 0 Å². The minimum absolute atomic E-state index is 0.755. The molecule has 0 aliphatic heterocycles. The number of benzene rings is 8. The summed E-state index contributed by atoms with van der Waals surface area (Å²) in [6, 6.07) is 59.0. The number of fused-ring (bicyclic) bond motifs is 9. The number of hydrogen-bond donors (Lipinski definition) is 0. The van der Waals surface area contributed by atoms with Crippen LogP contribution in [-0.2, 0) is 0 Å². The largest absolute Gasteiger partial charge is 0.309 e. The minimum Gasteiger partial charge on any atom is -0.309 e. The number of para-hydroxylation sites is 2. The molecule has 3 heterocycles. The van der Waals surface area contributed by atoms with Crippen molar-refractivity contribution < 1.29 is 0 Å². The van der Waals surface area contributed by atoms with E-state index in [2.05, 4.69) is 168 Å². The van der Waals surface area contributed by atoms with Gasteiger partial charge < -0.3 is 4.57 Å². The van der Waals surface area contributed by atoms with Gasteiger partial charge in [-0.1, -0.05) is 109 Å². The van der Waals surface area contributed by atoms with E-state index in [0.717, 1.165) is 39.2 Å². The fourth-order valence-electron chi connectivity index (χ4n) is 7.79. The third-order valence-corrected chi connectivity index (χ3v) is 11.4. The molecule has 3 nitrogen and oxygen atoms in total. The van der Waals surface area contributed by atoms with E-state index >= 15 is 0 Å². The Morgan fingerprint density at radius 2 is 1.14 bits per heavy atom. The predicted octanol–water partition coefficient (Wildman–Crippen LogP) is 12.7. The summed E-state index contributed by atoms with van der Waals surface area (Å²) in [4.78, 5) is 10.4. The molecule has 0 aliphatic rings. The Hall–Kier alpha value is -6.36. The van der Waals surface area contributed by atoms with Gasteiger partial charge >= 0.3 is 0 Å². The molecular weight excluding hydrogens is 627 g/mol. The van der Waals surface area contributed by atoms with Crippen molar-refractivity contribution in [2.45, 2.75) is 0 Å². The highest BCUT2D eigenvalue weighted by atomic mass is 32.1. The van der Waals surface area contributed by atoms with Crippen molar-refractivity contribution in [1.29, 1.82) is 0 Å². The van der Waals surface area contributed by atoms with Crippen molar-refractivity contribution >= 4 is 85.8 Å². The lowest BCUT2D eigenvalue weighted by molar-refractivity contribution is 1.19. The molecule has 0 radical (unpaired) electrons. The molecule has 0 amide bonds. The average Bonchev–Trinajstić information content (AvgIpc) is 3.71. The van der Waals surface area contributed by atoms with Gasteiger partial charge in [-0.05, 0) is 76.1 Å². The fourth-order valence-corrected chi connectivity index (χ4v) is 9.00. The minimum atomic E-state index is 0.755. The Labute approximate surface area is 291 Å². The first kappa shape index (κ1) is 27.6. The molecule has 0 atom stereocenters. The lowest BCUT2D eigenvalue weighted by atomic mass is 10.0. The maximum atomic E-state index is 5.31. The molecule has 0 saturated heterocycles. The van der Waals surface area contributed by atoms with Gasteiger partial charge in [0.15, 0.2) is 5.82 Å². The molecule has 0 saturated carbocycles. The van der Waals surface area contributed by atoms with Crippen LogP contribution in [0.25, 0.3) is 103 Å². The molecule has 50 heavy (non-hydrogen) atoms. The zero-order valence-electron chi connectivity index (χ0n) is 26.8. The molecule has 0 bridgehead atoms. The Kier molecular flexibility index (Phi) is 5.83. The Bertz CT molecular complexity index is 3170. The average molecular weight is 654 g/mol. The second kappa shape index (κ2) is 10.6. The van der Waals surface area contributed by atoms with Crippen LogP contribution < -0.4 is 0 Å². The van der Waals surface area contributed by atoms with Gasteiger partial charge in [0.05, 0.1) is 22.2 Å². The first-order chi connectivity index (χ1) is 24.8. The summed E-state index contributed by atoms with van der Waals surface area (Å²) in [7, 11) is 0. The maximum Gasteiger partial charge on any atom is 0.161 e. The third-order valence-electron chi connectivity index (χ3n) is 10.1. The molecule has 11 rings (SSSR count). The van der Waals surface area contributed by atoms with E-state index in [1.54, 1.807) is 0 Å². The van der Waals surface area contributed by atoms with Crippen LogP contribution in [0.5, 0.6) is 0 Å². The van der Waals surface area contributed by atoms with E-state index < -0.39 is 0 Å². The van der Waals surface area contributed by atoms with Crippen LogP contribution in [0.2, 0.25) is 0 Å². The summed E-state index contributed by atoms with van der Waals surface area (Å²) >= 11 is 1.81. The van der Waals surface area contributed by atoms with Crippen LogP contribution >= 0.6 is 11.3 Å². The van der Waals surface area contributed by atoms with Crippen LogP contribution in [0.1, 0.15) is 0 Å².